The van der Waals surface area contributed by atoms with Crippen molar-refractivity contribution in [3.8, 4) is 11.4 Å². The highest BCUT2D eigenvalue weighted by Gasteiger charge is 2.22. The second kappa shape index (κ2) is 12.2. The number of ether oxygens (including phenoxy) is 1. The Balaban J connectivity index is 1.80. The van der Waals surface area contributed by atoms with E-state index in [9.17, 15) is 9.59 Å². The lowest BCUT2D eigenvalue weighted by Crippen LogP contribution is -2.38. The van der Waals surface area contributed by atoms with Gasteiger partial charge in [-0.25, -0.2) is 4.68 Å². The van der Waals surface area contributed by atoms with Gasteiger partial charge in [0.25, 0.3) is 0 Å². The monoisotopic (exact) mass is 488 g/mol. The normalized spacial score (nSPS) is 11.5. The molecule has 0 aliphatic rings. The van der Waals surface area contributed by atoms with Crippen LogP contribution >= 0.6 is 0 Å². The van der Waals surface area contributed by atoms with Crippen LogP contribution in [0.2, 0.25) is 0 Å². The molecule has 0 atom stereocenters. The number of amides is 2. The first-order valence-corrected chi connectivity index (χ1v) is 12.3. The largest absolute Gasteiger partial charge is 0.497 e. The predicted molar refractivity (Wildman–Crippen MR) is 144 cm³/mol. The second-order valence-corrected chi connectivity index (χ2v) is 9.68. The highest BCUT2D eigenvalue weighted by molar-refractivity contribution is 5.97. The van der Waals surface area contributed by atoms with E-state index in [1.807, 2.05) is 60.7 Å². The van der Waals surface area contributed by atoms with Crippen LogP contribution in [-0.4, -0.2) is 46.7 Å². The fourth-order valence-corrected chi connectivity index (χ4v) is 3.57. The number of hydrogen-bond donors (Lipinski definition) is 1. The van der Waals surface area contributed by atoms with Crippen molar-refractivity contribution in [1.29, 1.82) is 0 Å². The van der Waals surface area contributed by atoms with Crippen molar-refractivity contribution in [1.82, 2.24) is 14.7 Å². The van der Waals surface area contributed by atoms with E-state index < -0.39 is 0 Å². The van der Waals surface area contributed by atoms with Crippen LogP contribution < -0.4 is 10.1 Å². The lowest BCUT2D eigenvalue weighted by molar-refractivity contribution is -0.130. The zero-order valence-electron chi connectivity index (χ0n) is 21.8. The number of methoxy groups -OCH3 is 1. The molecule has 0 fully saturated rings. The molecule has 1 N–H and O–H groups in total. The molecule has 0 aliphatic heterocycles. The molecule has 7 heteroatoms. The Morgan fingerprint density at radius 3 is 2.39 bits per heavy atom. The Kier molecular flexibility index (Phi) is 9.06. The Hall–Kier alpha value is -3.87. The third-order valence-electron chi connectivity index (χ3n) is 5.71. The first-order valence-electron chi connectivity index (χ1n) is 12.3. The fraction of sp³-hybridized carbons (Fsp3) is 0.345. The summed E-state index contributed by atoms with van der Waals surface area (Å²) in [5.74, 6) is 0.822. The number of nitrogens with zero attached hydrogens (tertiary/aromatic N) is 3. The summed E-state index contributed by atoms with van der Waals surface area (Å²) in [6.45, 7) is 8.74. The van der Waals surface area contributed by atoms with Crippen molar-refractivity contribution in [2.45, 2.75) is 46.0 Å². The molecule has 2 amide bonds. The molecule has 36 heavy (non-hydrogen) atoms. The minimum absolute atomic E-state index is 0.0450. The minimum atomic E-state index is -0.275. The summed E-state index contributed by atoms with van der Waals surface area (Å²) < 4.78 is 6.98. The Morgan fingerprint density at radius 2 is 1.78 bits per heavy atom. The van der Waals surface area contributed by atoms with Gasteiger partial charge < -0.3 is 15.0 Å². The van der Waals surface area contributed by atoms with Crippen molar-refractivity contribution in [2.75, 3.05) is 25.5 Å². The number of anilines is 1. The molecular weight excluding hydrogens is 452 g/mol. The molecule has 0 unspecified atom stereocenters. The highest BCUT2D eigenvalue weighted by atomic mass is 16.5. The van der Waals surface area contributed by atoms with Crippen LogP contribution in [0.25, 0.3) is 11.8 Å². The van der Waals surface area contributed by atoms with E-state index in [4.69, 9.17) is 9.84 Å². The maximum absolute atomic E-state index is 13.1. The van der Waals surface area contributed by atoms with Gasteiger partial charge in [0, 0.05) is 24.1 Å². The molecule has 0 saturated heterocycles. The lowest BCUT2D eigenvalue weighted by atomic mass is 9.92. The molecule has 7 nitrogen and oxygen atoms in total. The molecule has 0 saturated carbocycles. The Bertz CT molecular complexity index is 1180. The molecule has 1 heterocycles. The van der Waals surface area contributed by atoms with Gasteiger partial charge in [0.1, 0.15) is 18.1 Å². The van der Waals surface area contributed by atoms with E-state index in [1.54, 1.807) is 22.8 Å². The number of carbonyl (C=O) groups is 2. The van der Waals surface area contributed by atoms with Gasteiger partial charge in [-0.1, -0.05) is 64.4 Å². The van der Waals surface area contributed by atoms with Crippen molar-refractivity contribution < 1.29 is 14.3 Å². The van der Waals surface area contributed by atoms with Gasteiger partial charge >= 0.3 is 0 Å². The molecule has 3 aromatic rings. The smallest absolute Gasteiger partial charge is 0.247 e. The maximum Gasteiger partial charge on any atom is 0.247 e. The SMILES string of the molecule is CCCCN(CC(=O)Nc1cc(C(C)(C)C)nn1-c1ccc(OC)cc1)C(=O)C=Cc1ccccc1. The summed E-state index contributed by atoms with van der Waals surface area (Å²) >= 11 is 0. The number of hydrogen-bond acceptors (Lipinski definition) is 4. The van der Waals surface area contributed by atoms with Gasteiger partial charge in [-0.15, -0.1) is 0 Å². The van der Waals surface area contributed by atoms with Crippen molar-refractivity contribution in [3.05, 3.63) is 78.0 Å². The van der Waals surface area contributed by atoms with E-state index in [-0.39, 0.29) is 23.8 Å². The van der Waals surface area contributed by atoms with Crippen molar-refractivity contribution in [2.24, 2.45) is 0 Å². The minimum Gasteiger partial charge on any atom is -0.497 e. The maximum atomic E-state index is 13.1. The van der Waals surface area contributed by atoms with Gasteiger partial charge in [-0.05, 0) is 42.3 Å². The summed E-state index contributed by atoms with van der Waals surface area (Å²) in [6, 6.07) is 19.0. The van der Waals surface area contributed by atoms with Gasteiger partial charge in [0.2, 0.25) is 11.8 Å². The highest BCUT2D eigenvalue weighted by Crippen LogP contribution is 2.27. The number of aromatic nitrogens is 2. The second-order valence-electron chi connectivity index (χ2n) is 9.68. The lowest BCUT2D eigenvalue weighted by Gasteiger charge is -2.20. The van der Waals surface area contributed by atoms with Gasteiger partial charge in [-0.3, -0.25) is 9.59 Å². The molecule has 2 aromatic carbocycles. The number of benzene rings is 2. The summed E-state index contributed by atoms with van der Waals surface area (Å²) in [6.07, 6.45) is 5.04. The van der Waals surface area contributed by atoms with Gasteiger partial charge in [0.15, 0.2) is 0 Å². The van der Waals surface area contributed by atoms with Crippen LogP contribution in [0, 0.1) is 0 Å². The average Bonchev–Trinajstić information content (AvgIpc) is 3.30. The number of unbranched alkanes of at least 4 members (excludes halogenated alkanes) is 1. The molecule has 0 bridgehead atoms. The summed E-state index contributed by atoms with van der Waals surface area (Å²) in [4.78, 5) is 27.6. The number of nitrogens with one attached hydrogen (secondary N) is 1. The predicted octanol–water partition coefficient (Wildman–Crippen LogP) is 5.46. The molecule has 1 aromatic heterocycles. The van der Waals surface area contributed by atoms with E-state index in [1.165, 1.54) is 6.08 Å². The standard InChI is InChI=1S/C29H36N4O3/c1-6-7-19-32(28(35)18-13-22-11-9-8-10-12-22)21-27(34)30-26-20-25(29(2,3)4)31-33(26)23-14-16-24(36-5)17-15-23/h8-18,20H,6-7,19,21H2,1-5H3,(H,30,34). The van der Waals surface area contributed by atoms with Crippen LogP contribution in [0.3, 0.4) is 0 Å². The first kappa shape index (κ1) is 26.7. The first-order chi connectivity index (χ1) is 17.2. The van der Waals surface area contributed by atoms with Gasteiger partial charge in [0.05, 0.1) is 18.5 Å². The third-order valence-corrected chi connectivity index (χ3v) is 5.71. The third kappa shape index (κ3) is 7.31. The molecule has 0 aliphatic carbocycles. The number of carbonyl (C=O) groups excluding carboxylic acids is 2. The number of rotatable bonds is 10. The van der Waals surface area contributed by atoms with Crippen molar-refractivity contribution in [3.63, 3.8) is 0 Å². The zero-order valence-corrected chi connectivity index (χ0v) is 21.8. The topological polar surface area (TPSA) is 76.5 Å². The summed E-state index contributed by atoms with van der Waals surface area (Å²) in [5, 5.41) is 7.73. The van der Waals surface area contributed by atoms with Crippen LogP contribution in [0.1, 0.15) is 51.8 Å². The zero-order chi connectivity index (χ0) is 26.1. The van der Waals surface area contributed by atoms with Crippen molar-refractivity contribution >= 4 is 23.7 Å². The molecule has 0 spiro atoms. The van der Waals surface area contributed by atoms with Crippen LogP contribution in [0.5, 0.6) is 5.75 Å². The molecule has 3 rings (SSSR count). The van der Waals surface area contributed by atoms with Crippen LogP contribution in [-0.2, 0) is 15.0 Å². The summed E-state index contributed by atoms with van der Waals surface area (Å²) in [5.41, 5.74) is 2.37. The molecular formula is C29H36N4O3. The average molecular weight is 489 g/mol. The quantitative estimate of drug-likeness (QED) is 0.385. The van der Waals surface area contributed by atoms with Gasteiger partial charge in [-0.2, -0.15) is 5.10 Å². The van der Waals surface area contributed by atoms with E-state index in [0.29, 0.717) is 12.4 Å². The van der Waals surface area contributed by atoms with E-state index in [0.717, 1.165) is 35.5 Å². The molecule has 0 radical (unpaired) electrons. The van der Waals surface area contributed by atoms with Crippen LogP contribution in [0.4, 0.5) is 5.82 Å². The van der Waals surface area contributed by atoms with Crippen LogP contribution in [0.15, 0.2) is 66.7 Å². The van der Waals surface area contributed by atoms with E-state index >= 15 is 0 Å². The molecule has 190 valence electrons. The summed E-state index contributed by atoms with van der Waals surface area (Å²) in [7, 11) is 1.62. The van der Waals surface area contributed by atoms with E-state index in [2.05, 4.69) is 33.0 Å². The Morgan fingerprint density at radius 1 is 1.08 bits per heavy atom. The fourth-order valence-electron chi connectivity index (χ4n) is 3.57. The Labute approximate surface area is 213 Å².